The van der Waals surface area contributed by atoms with Gasteiger partial charge in [0.05, 0.1) is 11.6 Å². The van der Waals surface area contributed by atoms with Crippen molar-refractivity contribution in [3.8, 4) is 11.4 Å². The highest BCUT2D eigenvalue weighted by atomic mass is 35.5. The third kappa shape index (κ3) is 4.47. The van der Waals surface area contributed by atoms with E-state index in [9.17, 15) is 9.18 Å². The summed E-state index contributed by atoms with van der Waals surface area (Å²) in [4.78, 5) is 20.5. The predicted molar refractivity (Wildman–Crippen MR) is 130 cm³/mol. The average molecular weight is 495 g/mol. The molecular weight excluding hydrogens is 475 g/mol. The van der Waals surface area contributed by atoms with Crippen LogP contribution in [0.15, 0.2) is 76.3 Å². The van der Waals surface area contributed by atoms with E-state index < -0.39 is 6.04 Å². The number of thiophene rings is 1. The first-order valence-electron chi connectivity index (χ1n) is 10.7. The molecule has 9 heteroatoms. The fraction of sp³-hybridized carbons (Fsp3) is 0.160. The molecule has 1 N–H and O–H groups in total. The van der Waals surface area contributed by atoms with Crippen LogP contribution < -0.4 is 5.32 Å². The molecule has 1 aliphatic rings. The van der Waals surface area contributed by atoms with Crippen molar-refractivity contribution in [3.63, 3.8) is 0 Å². The first-order chi connectivity index (χ1) is 16.5. The van der Waals surface area contributed by atoms with Gasteiger partial charge in [0.15, 0.2) is 0 Å². The Hall–Kier alpha value is -3.49. The Morgan fingerprint density at radius 3 is 2.79 bits per heavy atom. The van der Waals surface area contributed by atoms with Crippen LogP contribution in [0.5, 0.6) is 0 Å². The molecule has 2 aromatic carbocycles. The Morgan fingerprint density at radius 1 is 1.18 bits per heavy atom. The molecule has 1 aliphatic heterocycles. The molecule has 2 amide bonds. The van der Waals surface area contributed by atoms with Gasteiger partial charge in [-0.2, -0.15) is 4.98 Å². The zero-order chi connectivity index (χ0) is 23.7. The van der Waals surface area contributed by atoms with E-state index in [-0.39, 0.29) is 23.6 Å². The molecule has 1 unspecified atom stereocenters. The number of benzene rings is 2. The lowest BCUT2D eigenvalue weighted by Gasteiger charge is -2.35. The number of urea groups is 1. The molecule has 6 nitrogen and oxygen atoms in total. The van der Waals surface area contributed by atoms with Gasteiger partial charge >= 0.3 is 6.03 Å². The van der Waals surface area contributed by atoms with Gasteiger partial charge in [-0.3, -0.25) is 4.90 Å². The van der Waals surface area contributed by atoms with Crippen LogP contribution in [-0.4, -0.2) is 27.6 Å². The predicted octanol–water partition coefficient (Wildman–Crippen LogP) is 6.33. The molecule has 0 spiro atoms. The summed E-state index contributed by atoms with van der Waals surface area (Å²) in [5.41, 5.74) is 2.67. The van der Waals surface area contributed by atoms with Crippen molar-refractivity contribution >= 4 is 34.5 Å². The van der Waals surface area contributed by atoms with Crippen molar-refractivity contribution in [2.75, 3.05) is 6.54 Å². The van der Waals surface area contributed by atoms with E-state index in [1.807, 2.05) is 36.6 Å². The summed E-state index contributed by atoms with van der Waals surface area (Å²) in [5.74, 6) is 0.130. The van der Waals surface area contributed by atoms with Gasteiger partial charge in [-0.05, 0) is 54.6 Å². The van der Waals surface area contributed by atoms with E-state index in [1.54, 1.807) is 40.5 Å². The lowest BCUT2D eigenvalue weighted by molar-refractivity contribution is 0.205. The molecule has 2 aromatic heterocycles. The highest BCUT2D eigenvalue weighted by Crippen LogP contribution is 2.38. The number of hydrogen-bond donors (Lipinski definition) is 1. The molecule has 3 heterocycles. The van der Waals surface area contributed by atoms with E-state index in [1.165, 1.54) is 17.0 Å². The Balaban J connectivity index is 1.56. The number of aromatic nitrogens is 2. The number of rotatable bonds is 6. The lowest BCUT2D eigenvalue weighted by atomic mass is 9.94. The molecule has 34 heavy (non-hydrogen) atoms. The summed E-state index contributed by atoms with van der Waals surface area (Å²) in [6, 6.07) is 16.6. The molecule has 1 atom stereocenters. The van der Waals surface area contributed by atoms with E-state index >= 15 is 0 Å². The summed E-state index contributed by atoms with van der Waals surface area (Å²) < 4.78 is 19.4. The van der Waals surface area contributed by atoms with Gasteiger partial charge in [-0.15, -0.1) is 11.3 Å². The molecule has 4 aromatic rings. The largest absolute Gasteiger partial charge is 0.334 e. The topological polar surface area (TPSA) is 71.3 Å². The van der Waals surface area contributed by atoms with Crippen LogP contribution in [-0.2, 0) is 6.42 Å². The van der Waals surface area contributed by atoms with Crippen LogP contribution in [0.2, 0.25) is 5.02 Å². The number of allylic oxidation sites excluding steroid dienone is 1. The van der Waals surface area contributed by atoms with Gasteiger partial charge in [-0.1, -0.05) is 47.1 Å². The quantitative estimate of drug-likeness (QED) is 0.340. The molecular formula is C25H20ClFN4O2S. The normalized spacial score (nSPS) is 16.1. The number of hydrogen-bond acceptors (Lipinski definition) is 5. The zero-order valence-corrected chi connectivity index (χ0v) is 19.7. The molecule has 0 saturated carbocycles. The second-order valence-corrected chi connectivity index (χ2v) is 9.32. The van der Waals surface area contributed by atoms with Crippen LogP contribution in [0.25, 0.3) is 17.0 Å². The maximum Gasteiger partial charge on any atom is 0.322 e. The number of nitrogens with zero attached hydrogens (tertiary/aromatic N) is 3. The Kier molecular flexibility index (Phi) is 6.17. The van der Waals surface area contributed by atoms with E-state index in [2.05, 4.69) is 15.5 Å². The minimum Gasteiger partial charge on any atom is -0.334 e. The fourth-order valence-corrected chi connectivity index (χ4v) is 4.92. The van der Waals surface area contributed by atoms with Crippen molar-refractivity contribution < 1.29 is 13.7 Å². The third-order valence-electron chi connectivity index (χ3n) is 5.68. The summed E-state index contributed by atoms with van der Waals surface area (Å²) in [7, 11) is 0. The van der Waals surface area contributed by atoms with Gasteiger partial charge < -0.3 is 9.84 Å². The average Bonchev–Trinajstić information content (AvgIpc) is 3.51. The number of halogens is 2. The van der Waals surface area contributed by atoms with Gasteiger partial charge in [0.25, 0.3) is 5.89 Å². The summed E-state index contributed by atoms with van der Waals surface area (Å²) in [6.45, 7) is 2.36. The van der Waals surface area contributed by atoms with E-state index in [0.717, 1.165) is 12.0 Å². The highest BCUT2D eigenvalue weighted by molar-refractivity contribution is 7.09. The second kappa shape index (κ2) is 9.40. The SMILES string of the molecule is CC1=C(c2nc(-c3cccc(F)c3)no2)C(c2cccc(Cl)c2)NC(=O)N1CCc1cccs1. The maximum absolute atomic E-state index is 13.7. The number of carbonyl (C=O) groups excluding carboxylic acids is 1. The molecule has 0 saturated heterocycles. The lowest BCUT2D eigenvalue weighted by Crippen LogP contribution is -2.46. The standard InChI is InChI=1S/C25H20ClFN4O2S/c1-15-21(24-29-23(30-33-24)17-6-3-8-19(27)14-17)22(16-5-2-7-18(26)13-16)28-25(32)31(15)11-10-20-9-4-12-34-20/h2-9,12-14,22H,10-11H2,1H3,(H,28,32). The monoisotopic (exact) mass is 494 g/mol. The van der Waals surface area contributed by atoms with E-state index in [4.69, 9.17) is 16.1 Å². The van der Waals surface area contributed by atoms with Crippen molar-refractivity contribution in [2.45, 2.75) is 19.4 Å². The summed E-state index contributed by atoms with van der Waals surface area (Å²) >= 11 is 7.89. The molecule has 0 bridgehead atoms. The molecule has 172 valence electrons. The molecule has 0 fully saturated rings. The van der Waals surface area contributed by atoms with Crippen LogP contribution in [0.4, 0.5) is 9.18 Å². The first kappa shape index (κ1) is 22.3. The number of amides is 2. The number of nitrogens with one attached hydrogen (secondary N) is 1. The Morgan fingerprint density at radius 2 is 2.03 bits per heavy atom. The first-order valence-corrected chi connectivity index (χ1v) is 11.9. The highest BCUT2D eigenvalue weighted by Gasteiger charge is 2.35. The molecule has 0 radical (unpaired) electrons. The maximum atomic E-state index is 13.7. The summed E-state index contributed by atoms with van der Waals surface area (Å²) in [5, 5.41) is 9.70. The van der Waals surface area contributed by atoms with Crippen molar-refractivity contribution in [2.24, 2.45) is 0 Å². The van der Waals surface area contributed by atoms with Crippen molar-refractivity contribution in [3.05, 3.63) is 98.9 Å². The Bertz CT molecular complexity index is 1370. The van der Waals surface area contributed by atoms with Crippen LogP contribution in [0.1, 0.15) is 29.3 Å². The van der Waals surface area contributed by atoms with Gasteiger partial charge in [0.2, 0.25) is 5.82 Å². The molecule has 0 aliphatic carbocycles. The van der Waals surface area contributed by atoms with Crippen molar-refractivity contribution in [1.29, 1.82) is 0 Å². The van der Waals surface area contributed by atoms with Crippen molar-refractivity contribution in [1.82, 2.24) is 20.4 Å². The van der Waals surface area contributed by atoms with Gasteiger partial charge in [0.1, 0.15) is 5.82 Å². The van der Waals surface area contributed by atoms with Gasteiger partial charge in [-0.25, -0.2) is 9.18 Å². The van der Waals surface area contributed by atoms with Crippen LogP contribution in [0, 0.1) is 5.82 Å². The summed E-state index contributed by atoms with van der Waals surface area (Å²) in [6.07, 6.45) is 0.718. The zero-order valence-electron chi connectivity index (χ0n) is 18.2. The fourth-order valence-electron chi connectivity index (χ4n) is 4.02. The third-order valence-corrected chi connectivity index (χ3v) is 6.85. The smallest absolute Gasteiger partial charge is 0.322 e. The number of carbonyl (C=O) groups is 1. The minimum absolute atomic E-state index is 0.215. The minimum atomic E-state index is -0.537. The second-order valence-electron chi connectivity index (χ2n) is 7.85. The van der Waals surface area contributed by atoms with Crippen LogP contribution in [0.3, 0.4) is 0 Å². The molecule has 5 rings (SSSR count). The van der Waals surface area contributed by atoms with Crippen LogP contribution >= 0.6 is 22.9 Å². The Labute approximate surface area is 204 Å². The van der Waals surface area contributed by atoms with E-state index in [0.29, 0.717) is 28.4 Å². The van der Waals surface area contributed by atoms with Gasteiger partial charge in [0, 0.05) is 27.7 Å².